The van der Waals surface area contributed by atoms with E-state index in [0.717, 1.165) is 31.7 Å². The molecule has 1 fully saturated rings. The average Bonchev–Trinajstić information content (AvgIpc) is 2.55. The number of morpholine rings is 1. The molecule has 1 N–H and O–H groups in total. The van der Waals surface area contributed by atoms with Gasteiger partial charge in [-0.25, -0.2) is 0 Å². The number of hydrogen-bond donors (Lipinski definition) is 1. The second kappa shape index (κ2) is 7.24. The van der Waals surface area contributed by atoms with Gasteiger partial charge in [0.15, 0.2) is 0 Å². The smallest absolute Gasteiger partial charge is 0.145 e. The van der Waals surface area contributed by atoms with E-state index in [4.69, 9.17) is 21.1 Å². The number of benzene rings is 1. The number of aliphatic hydroxyl groups is 1. The lowest BCUT2D eigenvalue weighted by Gasteiger charge is -2.28. The van der Waals surface area contributed by atoms with Crippen molar-refractivity contribution in [3.05, 3.63) is 35.5 Å². The Hall–Kier alpha value is -1.40. The predicted molar refractivity (Wildman–Crippen MR) is 85.5 cm³/mol. The zero-order valence-corrected chi connectivity index (χ0v) is 13.0. The summed E-state index contributed by atoms with van der Waals surface area (Å²) >= 11 is 6.16. The van der Waals surface area contributed by atoms with Crippen LogP contribution in [0.3, 0.4) is 0 Å². The van der Waals surface area contributed by atoms with E-state index in [9.17, 15) is 5.11 Å². The zero-order valence-electron chi connectivity index (χ0n) is 12.2. The molecule has 0 saturated carbocycles. The van der Waals surface area contributed by atoms with E-state index in [0.29, 0.717) is 22.8 Å². The van der Waals surface area contributed by atoms with Crippen molar-refractivity contribution < 1.29 is 14.6 Å². The van der Waals surface area contributed by atoms with E-state index in [1.54, 1.807) is 18.3 Å². The molecular weight excluding hydrogens is 304 g/mol. The van der Waals surface area contributed by atoms with E-state index >= 15 is 0 Å². The molecule has 22 heavy (non-hydrogen) atoms. The number of β-amino-alcohol motifs (C(OH)–C–C–N with tert-alkyl or cyclic N) is 1. The van der Waals surface area contributed by atoms with Crippen molar-refractivity contribution in [1.29, 1.82) is 0 Å². The number of aliphatic hydroxyl groups excluding tert-OH is 1. The molecule has 0 unspecified atom stereocenters. The molecule has 3 rings (SSSR count). The maximum absolute atomic E-state index is 10.1. The minimum atomic E-state index is -0.549. The van der Waals surface area contributed by atoms with E-state index < -0.39 is 6.10 Å². The highest BCUT2D eigenvalue weighted by molar-refractivity contribution is 6.35. The summed E-state index contributed by atoms with van der Waals surface area (Å²) in [6, 6.07) is 7.32. The third-order valence-electron chi connectivity index (χ3n) is 3.68. The average molecular weight is 323 g/mol. The third kappa shape index (κ3) is 3.67. The topological polar surface area (TPSA) is 54.8 Å². The lowest BCUT2D eigenvalue weighted by atomic mass is 10.2. The standard InChI is InChI=1S/C16H19ClN2O3/c17-14-3-4-15(16-13(14)2-1-5-18-16)22-11-12(20)10-19-6-8-21-9-7-19/h1-5,12,20H,6-11H2/t12-/m0/s1. The fourth-order valence-corrected chi connectivity index (χ4v) is 2.76. The van der Waals surface area contributed by atoms with Gasteiger partial charge in [0.05, 0.1) is 18.2 Å². The van der Waals surface area contributed by atoms with Crippen molar-refractivity contribution in [1.82, 2.24) is 9.88 Å². The fraction of sp³-hybridized carbons (Fsp3) is 0.438. The summed E-state index contributed by atoms with van der Waals surface area (Å²) in [5, 5.41) is 11.6. The van der Waals surface area contributed by atoms with Crippen LogP contribution >= 0.6 is 11.6 Å². The van der Waals surface area contributed by atoms with Crippen molar-refractivity contribution in [2.24, 2.45) is 0 Å². The monoisotopic (exact) mass is 322 g/mol. The van der Waals surface area contributed by atoms with Gasteiger partial charge in [0.1, 0.15) is 24.0 Å². The SMILES string of the molecule is O[C@H](COc1ccc(Cl)c2cccnc12)CN1CCOCC1. The summed E-state index contributed by atoms with van der Waals surface area (Å²) in [6.45, 7) is 3.95. The molecule has 0 aliphatic carbocycles. The Morgan fingerprint density at radius 2 is 2.14 bits per heavy atom. The van der Waals surface area contributed by atoms with Crippen LogP contribution in [0.15, 0.2) is 30.5 Å². The molecule has 2 aromatic rings. The lowest BCUT2D eigenvalue weighted by Crippen LogP contribution is -2.42. The van der Waals surface area contributed by atoms with E-state index in [1.165, 1.54) is 0 Å². The first-order valence-corrected chi connectivity index (χ1v) is 7.76. The number of halogens is 1. The quantitative estimate of drug-likeness (QED) is 0.912. The van der Waals surface area contributed by atoms with Crippen LogP contribution in [-0.2, 0) is 4.74 Å². The Morgan fingerprint density at radius 3 is 2.95 bits per heavy atom. The van der Waals surface area contributed by atoms with Crippen LogP contribution in [0, 0.1) is 0 Å². The molecule has 0 spiro atoms. The highest BCUT2D eigenvalue weighted by atomic mass is 35.5. The van der Waals surface area contributed by atoms with Crippen LogP contribution in [0.1, 0.15) is 0 Å². The van der Waals surface area contributed by atoms with E-state index in [-0.39, 0.29) is 6.61 Å². The molecule has 1 saturated heterocycles. The molecule has 1 atom stereocenters. The van der Waals surface area contributed by atoms with Gasteiger partial charge in [0, 0.05) is 31.2 Å². The first kappa shape index (κ1) is 15.5. The summed E-state index contributed by atoms with van der Waals surface area (Å²) in [6.07, 6.45) is 1.16. The van der Waals surface area contributed by atoms with Gasteiger partial charge in [-0.05, 0) is 24.3 Å². The highest BCUT2D eigenvalue weighted by Crippen LogP contribution is 2.29. The third-order valence-corrected chi connectivity index (χ3v) is 4.01. The van der Waals surface area contributed by atoms with Crippen LogP contribution in [0.25, 0.3) is 10.9 Å². The number of fused-ring (bicyclic) bond motifs is 1. The molecule has 1 aromatic carbocycles. The summed E-state index contributed by atoms with van der Waals surface area (Å²) in [4.78, 5) is 6.49. The number of nitrogens with zero attached hydrogens (tertiary/aromatic N) is 2. The Labute approximate surface area is 134 Å². The Morgan fingerprint density at radius 1 is 1.32 bits per heavy atom. The van der Waals surface area contributed by atoms with Gasteiger partial charge in [0.25, 0.3) is 0 Å². The largest absolute Gasteiger partial charge is 0.489 e. The van der Waals surface area contributed by atoms with Gasteiger partial charge in [-0.1, -0.05) is 11.6 Å². The summed E-state index contributed by atoms with van der Waals surface area (Å²) in [7, 11) is 0. The molecule has 1 aliphatic rings. The van der Waals surface area contributed by atoms with Crippen LogP contribution in [0.5, 0.6) is 5.75 Å². The van der Waals surface area contributed by atoms with Crippen molar-refractivity contribution >= 4 is 22.5 Å². The van der Waals surface area contributed by atoms with Gasteiger partial charge >= 0.3 is 0 Å². The first-order chi connectivity index (χ1) is 10.7. The summed E-state index contributed by atoms with van der Waals surface area (Å²) in [5.41, 5.74) is 0.716. The van der Waals surface area contributed by atoms with Gasteiger partial charge in [-0.2, -0.15) is 0 Å². The highest BCUT2D eigenvalue weighted by Gasteiger charge is 2.16. The summed E-state index contributed by atoms with van der Waals surface area (Å²) in [5.74, 6) is 0.640. The van der Waals surface area contributed by atoms with Crippen molar-refractivity contribution in [2.45, 2.75) is 6.10 Å². The molecule has 118 valence electrons. The molecular formula is C16H19ClN2O3. The number of ether oxygens (including phenoxy) is 2. The molecule has 0 bridgehead atoms. The molecule has 5 nitrogen and oxygen atoms in total. The maximum Gasteiger partial charge on any atom is 0.145 e. The Bertz CT molecular complexity index is 632. The van der Waals surface area contributed by atoms with Crippen molar-refractivity contribution in [3.8, 4) is 5.75 Å². The van der Waals surface area contributed by atoms with E-state index in [2.05, 4.69) is 9.88 Å². The molecule has 1 aliphatic heterocycles. The number of pyridine rings is 1. The minimum Gasteiger partial charge on any atom is -0.489 e. The van der Waals surface area contributed by atoms with Gasteiger partial charge in [-0.3, -0.25) is 9.88 Å². The first-order valence-electron chi connectivity index (χ1n) is 7.38. The maximum atomic E-state index is 10.1. The van der Waals surface area contributed by atoms with Crippen LogP contribution in [0.4, 0.5) is 0 Å². The molecule has 0 amide bonds. The molecule has 1 aromatic heterocycles. The van der Waals surface area contributed by atoms with Crippen LogP contribution in [0.2, 0.25) is 5.02 Å². The minimum absolute atomic E-state index is 0.227. The van der Waals surface area contributed by atoms with Crippen molar-refractivity contribution in [2.75, 3.05) is 39.5 Å². The molecule has 6 heteroatoms. The van der Waals surface area contributed by atoms with Gasteiger partial charge < -0.3 is 14.6 Å². The second-order valence-electron chi connectivity index (χ2n) is 5.32. The second-order valence-corrected chi connectivity index (χ2v) is 5.73. The lowest BCUT2D eigenvalue weighted by molar-refractivity contribution is 0.00478. The van der Waals surface area contributed by atoms with Crippen LogP contribution in [-0.4, -0.2) is 60.5 Å². The van der Waals surface area contributed by atoms with Crippen molar-refractivity contribution in [3.63, 3.8) is 0 Å². The number of rotatable bonds is 5. The van der Waals surface area contributed by atoms with Crippen LogP contribution < -0.4 is 4.74 Å². The molecule has 2 heterocycles. The molecule has 0 radical (unpaired) electrons. The summed E-state index contributed by atoms with van der Waals surface area (Å²) < 4.78 is 11.0. The number of aromatic nitrogens is 1. The zero-order chi connectivity index (χ0) is 15.4. The predicted octanol–water partition coefficient (Wildman–Crippen LogP) is 1.96. The fourth-order valence-electron chi connectivity index (χ4n) is 2.55. The van der Waals surface area contributed by atoms with Gasteiger partial charge in [0.2, 0.25) is 0 Å². The number of hydrogen-bond acceptors (Lipinski definition) is 5. The Balaban J connectivity index is 1.62. The van der Waals surface area contributed by atoms with E-state index in [1.807, 2.05) is 12.1 Å². The normalized spacial score (nSPS) is 17.5. The Kier molecular flexibility index (Phi) is 5.10. The van der Waals surface area contributed by atoms with Gasteiger partial charge in [-0.15, -0.1) is 0 Å².